The van der Waals surface area contributed by atoms with E-state index in [0.29, 0.717) is 39.1 Å². The number of hydrogen-bond donors (Lipinski definition) is 1. The zero-order valence-electron chi connectivity index (χ0n) is 17.6. The van der Waals surface area contributed by atoms with E-state index in [4.69, 9.17) is 0 Å². The lowest BCUT2D eigenvalue weighted by atomic mass is 10.1. The van der Waals surface area contributed by atoms with Crippen molar-refractivity contribution >= 4 is 28.0 Å². The third kappa shape index (κ3) is 3.51. The van der Waals surface area contributed by atoms with Crippen LogP contribution >= 0.6 is 0 Å². The summed E-state index contributed by atoms with van der Waals surface area (Å²) in [5.41, 5.74) is 2.08. The van der Waals surface area contributed by atoms with Crippen molar-refractivity contribution in [3.05, 3.63) is 71.8 Å². The van der Waals surface area contributed by atoms with Gasteiger partial charge in [-0.2, -0.15) is 13.2 Å². The fourth-order valence-electron chi connectivity index (χ4n) is 3.84. The fourth-order valence-corrected chi connectivity index (χ4v) is 3.84. The van der Waals surface area contributed by atoms with Crippen molar-refractivity contribution in [2.45, 2.75) is 12.7 Å². The van der Waals surface area contributed by atoms with E-state index in [9.17, 15) is 18.0 Å². The topological polar surface area (TPSA) is 82.6 Å². The number of rotatable bonds is 4. The molecule has 5 rings (SSSR count). The number of fused-ring (bicyclic) bond motifs is 3. The molecule has 0 fully saturated rings. The quantitative estimate of drug-likeness (QED) is 0.451. The van der Waals surface area contributed by atoms with Crippen LogP contribution in [-0.2, 0) is 26.8 Å². The van der Waals surface area contributed by atoms with Crippen LogP contribution in [0.15, 0.2) is 54.9 Å². The maximum Gasteiger partial charge on any atom is 0.416 e. The van der Waals surface area contributed by atoms with Crippen LogP contribution in [-0.4, -0.2) is 35.0 Å². The zero-order valence-corrected chi connectivity index (χ0v) is 17.6. The van der Waals surface area contributed by atoms with E-state index in [1.165, 1.54) is 12.1 Å². The Morgan fingerprint density at radius 1 is 1.09 bits per heavy atom. The smallest absolute Gasteiger partial charge is 0.345 e. The number of aromatic nitrogens is 6. The van der Waals surface area contributed by atoms with E-state index >= 15 is 0 Å². The highest BCUT2D eigenvalue weighted by Gasteiger charge is 2.30. The normalized spacial score (nSPS) is 12.0. The van der Waals surface area contributed by atoms with Gasteiger partial charge >= 0.3 is 6.18 Å². The summed E-state index contributed by atoms with van der Waals surface area (Å²) in [5.74, 6) is 0.438. The molecule has 0 aliphatic heterocycles. The molecule has 168 valence electrons. The summed E-state index contributed by atoms with van der Waals surface area (Å²) in [4.78, 5) is 16.9. The minimum atomic E-state index is -4.42. The molecule has 1 N–H and O–H groups in total. The highest BCUT2D eigenvalue weighted by molar-refractivity contribution is 6.09. The average molecular weight is 453 g/mol. The summed E-state index contributed by atoms with van der Waals surface area (Å²) in [6.07, 6.45) is -0.970. The van der Waals surface area contributed by atoms with Gasteiger partial charge in [-0.1, -0.05) is 5.21 Å². The number of carbonyl (C=O) groups excluding carboxylic acids is 1. The number of imidazole rings is 1. The van der Waals surface area contributed by atoms with Gasteiger partial charge in [-0.25, -0.2) is 9.67 Å². The molecule has 5 aromatic rings. The first-order valence-corrected chi connectivity index (χ1v) is 10.00. The lowest BCUT2D eigenvalue weighted by Crippen LogP contribution is -2.24. The third-order valence-electron chi connectivity index (χ3n) is 5.54. The van der Waals surface area contributed by atoms with Crippen molar-refractivity contribution in [1.82, 2.24) is 34.4 Å². The number of aryl methyl sites for hydroxylation is 2. The van der Waals surface area contributed by atoms with Crippen LogP contribution < -0.4 is 5.32 Å². The van der Waals surface area contributed by atoms with E-state index in [-0.39, 0.29) is 12.5 Å². The van der Waals surface area contributed by atoms with Crippen LogP contribution in [0.25, 0.3) is 27.8 Å². The Bertz CT molecular complexity index is 1490. The highest BCUT2D eigenvalue weighted by atomic mass is 19.4. The zero-order chi connectivity index (χ0) is 23.3. The summed E-state index contributed by atoms with van der Waals surface area (Å²) in [6.45, 7) is 0.271. The number of nitrogens with one attached hydrogen (secondary N) is 1. The molecule has 0 bridgehead atoms. The number of nitrogens with zero attached hydrogens (tertiary/aromatic N) is 6. The molecule has 3 aromatic heterocycles. The molecule has 0 saturated heterocycles. The van der Waals surface area contributed by atoms with Gasteiger partial charge in [0.25, 0.3) is 5.91 Å². The second kappa shape index (κ2) is 7.47. The SMILES string of the molecule is Cn1ccnc1CNC(=O)c1ccc2c(c1)c1nnn(C)c1n2-c1ccc(C(F)(F)F)cc1. The van der Waals surface area contributed by atoms with Crippen LogP contribution in [0.1, 0.15) is 21.7 Å². The van der Waals surface area contributed by atoms with Crippen LogP contribution in [0.2, 0.25) is 0 Å². The van der Waals surface area contributed by atoms with E-state index in [2.05, 4.69) is 20.6 Å². The maximum atomic E-state index is 13.0. The van der Waals surface area contributed by atoms with Gasteiger partial charge in [-0.3, -0.25) is 9.36 Å². The van der Waals surface area contributed by atoms with Gasteiger partial charge in [-0.15, -0.1) is 5.10 Å². The summed E-state index contributed by atoms with van der Waals surface area (Å²) in [5, 5.41) is 11.8. The minimum Gasteiger partial charge on any atom is -0.345 e. The fraction of sp³-hybridized carbons (Fsp3) is 0.182. The Morgan fingerprint density at radius 3 is 2.52 bits per heavy atom. The predicted molar refractivity (Wildman–Crippen MR) is 115 cm³/mol. The Kier molecular flexibility index (Phi) is 4.69. The van der Waals surface area contributed by atoms with Crippen molar-refractivity contribution < 1.29 is 18.0 Å². The lowest BCUT2D eigenvalue weighted by molar-refractivity contribution is -0.137. The van der Waals surface area contributed by atoms with Gasteiger partial charge in [-0.05, 0) is 42.5 Å². The molecule has 0 spiro atoms. The van der Waals surface area contributed by atoms with Crippen LogP contribution in [0.5, 0.6) is 0 Å². The number of hydrogen-bond acceptors (Lipinski definition) is 4. The van der Waals surface area contributed by atoms with Gasteiger partial charge in [0, 0.05) is 43.1 Å². The van der Waals surface area contributed by atoms with E-state index < -0.39 is 11.7 Å². The third-order valence-corrected chi connectivity index (χ3v) is 5.54. The lowest BCUT2D eigenvalue weighted by Gasteiger charge is -2.11. The summed E-state index contributed by atoms with van der Waals surface area (Å²) in [7, 11) is 3.55. The average Bonchev–Trinajstić information content (AvgIpc) is 3.46. The van der Waals surface area contributed by atoms with Crippen molar-refractivity contribution in [1.29, 1.82) is 0 Å². The minimum absolute atomic E-state index is 0.271. The first-order valence-electron chi connectivity index (χ1n) is 10.00. The second-order valence-electron chi connectivity index (χ2n) is 7.63. The Morgan fingerprint density at radius 2 is 1.85 bits per heavy atom. The number of alkyl halides is 3. The van der Waals surface area contributed by atoms with Crippen molar-refractivity contribution in [2.75, 3.05) is 0 Å². The largest absolute Gasteiger partial charge is 0.416 e. The molecule has 0 aliphatic rings. The summed E-state index contributed by atoms with van der Waals surface area (Å²) in [6, 6.07) is 10.0. The molecule has 0 saturated carbocycles. The Balaban J connectivity index is 1.56. The van der Waals surface area contributed by atoms with Crippen molar-refractivity contribution in [2.24, 2.45) is 14.1 Å². The monoisotopic (exact) mass is 453 g/mol. The molecule has 0 unspecified atom stereocenters. The molecule has 3 heterocycles. The molecular weight excluding hydrogens is 435 g/mol. The standard InChI is InChI=1S/C22H18F3N7O/c1-30-10-9-26-18(30)12-27-20(33)13-3-8-17-16(11-13)19-21(31(2)29-28-19)32(17)15-6-4-14(5-7-15)22(23,24)25/h3-11H,12H2,1-2H3,(H,27,33). The van der Waals surface area contributed by atoms with Gasteiger partial charge < -0.3 is 9.88 Å². The summed E-state index contributed by atoms with van der Waals surface area (Å²) < 4.78 is 44.2. The molecule has 11 heteroatoms. The number of benzene rings is 2. The number of halogens is 3. The van der Waals surface area contributed by atoms with E-state index in [1.54, 1.807) is 46.9 Å². The Labute approximate surface area is 185 Å². The molecular formula is C22H18F3N7O. The first-order chi connectivity index (χ1) is 15.7. The number of amides is 1. The molecule has 1 amide bonds. The van der Waals surface area contributed by atoms with Gasteiger partial charge in [0.2, 0.25) is 0 Å². The van der Waals surface area contributed by atoms with Gasteiger partial charge in [0.15, 0.2) is 5.65 Å². The van der Waals surface area contributed by atoms with E-state index in [0.717, 1.165) is 12.1 Å². The molecule has 0 atom stereocenters. The van der Waals surface area contributed by atoms with Crippen molar-refractivity contribution in [3.63, 3.8) is 0 Å². The Hall–Kier alpha value is -4.15. The van der Waals surface area contributed by atoms with Crippen molar-refractivity contribution in [3.8, 4) is 5.69 Å². The second-order valence-corrected chi connectivity index (χ2v) is 7.63. The molecule has 2 aromatic carbocycles. The first kappa shape index (κ1) is 20.7. The van der Waals surface area contributed by atoms with Crippen LogP contribution in [0.3, 0.4) is 0 Å². The highest BCUT2D eigenvalue weighted by Crippen LogP contribution is 2.33. The van der Waals surface area contributed by atoms with E-state index in [1.807, 2.05) is 11.6 Å². The summed E-state index contributed by atoms with van der Waals surface area (Å²) >= 11 is 0. The van der Waals surface area contributed by atoms with Crippen LogP contribution in [0, 0.1) is 0 Å². The molecule has 0 radical (unpaired) electrons. The maximum absolute atomic E-state index is 13.0. The van der Waals surface area contributed by atoms with Gasteiger partial charge in [0.1, 0.15) is 11.3 Å². The molecule has 0 aliphatic carbocycles. The predicted octanol–water partition coefficient (Wildman–Crippen LogP) is 3.59. The number of carbonyl (C=O) groups is 1. The molecule has 33 heavy (non-hydrogen) atoms. The van der Waals surface area contributed by atoms with Crippen LogP contribution in [0.4, 0.5) is 13.2 Å². The molecule has 8 nitrogen and oxygen atoms in total. The van der Waals surface area contributed by atoms with Gasteiger partial charge in [0.05, 0.1) is 17.6 Å².